The lowest BCUT2D eigenvalue weighted by Gasteiger charge is -2.02. The SMILES string of the molecule is Cc1ccc(-n2cnn(CC(C)O)c2=O)cc1. The quantitative estimate of drug-likeness (QED) is 0.850. The van der Waals surface area contributed by atoms with Gasteiger partial charge in [-0.05, 0) is 26.0 Å². The summed E-state index contributed by atoms with van der Waals surface area (Å²) in [6.45, 7) is 3.82. The van der Waals surface area contributed by atoms with Crippen molar-refractivity contribution in [2.45, 2.75) is 26.5 Å². The van der Waals surface area contributed by atoms with Crippen LogP contribution in [0.5, 0.6) is 0 Å². The van der Waals surface area contributed by atoms with Crippen LogP contribution in [0.2, 0.25) is 0 Å². The number of aliphatic hydroxyl groups is 1. The van der Waals surface area contributed by atoms with E-state index in [0.29, 0.717) is 0 Å². The summed E-state index contributed by atoms with van der Waals surface area (Å²) in [7, 11) is 0. The maximum Gasteiger partial charge on any atom is 0.350 e. The molecule has 0 saturated heterocycles. The predicted molar refractivity (Wildman–Crippen MR) is 64.2 cm³/mol. The second-order valence-electron chi connectivity index (χ2n) is 4.15. The zero-order valence-corrected chi connectivity index (χ0v) is 9.87. The van der Waals surface area contributed by atoms with Crippen LogP contribution in [-0.4, -0.2) is 25.6 Å². The van der Waals surface area contributed by atoms with Crippen molar-refractivity contribution >= 4 is 0 Å². The molecule has 0 saturated carbocycles. The molecule has 1 N–H and O–H groups in total. The zero-order chi connectivity index (χ0) is 12.4. The Morgan fingerprint density at radius 3 is 2.59 bits per heavy atom. The summed E-state index contributed by atoms with van der Waals surface area (Å²) >= 11 is 0. The van der Waals surface area contributed by atoms with Gasteiger partial charge in [0.2, 0.25) is 0 Å². The molecule has 0 amide bonds. The van der Waals surface area contributed by atoms with Crippen molar-refractivity contribution < 1.29 is 5.11 Å². The molecule has 17 heavy (non-hydrogen) atoms. The van der Waals surface area contributed by atoms with Gasteiger partial charge in [-0.25, -0.2) is 14.0 Å². The highest BCUT2D eigenvalue weighted by Gasteiger charge is 2.08. The highest BCUT2D eigenvalue weighted by Crippen LogP contribution is 2.06. The van der Waals surface area contributed by atoms with E-state index in [0.717, 1.165) is 11.3 Å². The molecular weight excluding hydrogens is 218 g/mol. The fraction of sp³-hybridized carbons (Fsp3) is 0.333. The molecule has 0 spiro atoms. The van der Waals surface area contributed by atoms with Gasteiger partial charge in [-0.2, -0.15) is 5.10 Å². The van der Waals surface area contributed by atoms with Gasteiger partial charge in [0.05, 0.1) is 18.3 Å². The monoisotopic (exact) mass is 233 g/mol. The van der Waals surface area contributed by atoms with Crippen LogP contribution in [0.3, 0.4) is 0 Å². The Balaban J connectivity index is 2.37. The van der Waals surface area contributed by atoms with Crippen molar-refractivity contribution in [3.05, 3.63) is 46.6 Å². The lowest BCUT2D eigenvalue weighted by molar-refractivity contribution is 0.166. The van der Waals surface area contributed by atoms with Gasteiger partial charge in [0.25, 0.3) is 0 Å². The van der Waals surface area contributed by atoms with E-state index in [-0.39, 0.29) is 12.2 Å². The summed E-state index contributed by atoms with van der Waals surface area (Å²) in [6, 6.07) is 7.61. The van der Waals surface area contributed by atoms with Gasteiger partial charge in [0, 0.05) is 0 Å². The molecule has 1 aromatic carbocycles. The summed E-state index contributed by atoms with van der Waals surface area (Å²) in [6.07, 6.45) is 0.879. The van der Waals surface area contributed by atoms with Crippen molar-refractivity contribution in [3.8, 4) is 5.69 Å². The van der Waals surface area contributed by atoms with Crippen molar-refractivity contribution in [1.82, 2.24) is 14.3 Å². The maximum absolute atomic E-state index is 11.9. The van der Waals surface area contributed by atoms with Crippen molar-refractivity contribution in [1.29, 1.82) is 0 Å². The van der Waals surface area contributed by atoms with Gasteiger partial charge in [0.1, 0.15) is 6.33 Å². The summed E-state index contributed by atoms with van der Waals surface area (Å²) in [5.74, 6) is 0. The largest absolute Gasteiger partial charge is 0.391 e. The molecule has 0 aliphatic carbocycles. The molecule has 0 aliphatic rings. The van der Waals surface area contributed by atoms with Gasteiger partial charge >= 0.3 is 5.69 Å². The van der Waals surface area contributed by atoms with Crippen LogP contribution in [0.4, 0.5) is 0 Å². The van der Waals surface area contributed by atoms with E-state index < -0.39 is 6.10 Å². The Bertz CT molecular complexity index is 552. The first-order valence-electron chi connectivity index (χ1n) is 5.47. The molecule has 0 aliphatic heterocycles. The minimum atomic E-state index is -0.589. The molecule has 90 valence electrons. The molecule has 1 heterocycles. The number of hydrogen-bond donors (Lipinski definition) is 1. The number of aromatic nitrogens is 3. The van der Waals surface area contributed by atoms with Crippen LogP contribution in [0.25, 0.3) is 5.69 Å². The standard InChI is InChI=1S/C12H15N3O2/c1-9-3-5-11(6-4-9)14-8-13-15(12(14)17)7-10(2)16/h3-6,8,10,16H,7H2,1-2H3. The number of aliphatic hydroxyl groups excluding tert-OH is 1. The van der Waals surface area contributed by atoms with Crippen molar-refractivity contribution in [2.24, 2.45) is 0 Å². The predicted octanol–water partition coefficient (Wildman–Crippen LogP) is 0.723. The van der Waals surface area contributed by atoms with Crippen LogP contribution in [0.1, 0.15) is 12.5 Å². The Morgan fingerprint density at radius 2 is 2.00 bits per heavy atom. The van der Waals surface area contributed by atoms with E-state index in [1.807, 2.05) is 31.2 Å². The smallest absolute Gasteiger partial charge is 0.350 e. The van der Waals surface area contributed by atoms with Crippen molar-refractivity contribution in [3.63, 3.8) is 0 Å². The van der Waals surface area contributed by atoms with Crippen LogP contribution >= 0.6 is 0 Å². The molecule has 5 heteroatoms. The average molecular weight is 233 g/mol. The topological polar surface area (TPSA) is 60.1 Å². The summed E-state index contributed by atoms with van der Waals surface area (Å²) in [5.41, 5.74) is 1.67. The molecule has 1 aromatic heterocycles. The molecule has 0 radical (unpaired) electrons. The molecule has 5 nitrogen and oxygen atoms in total. The first-order valence-corrected chi connectivity index (χ1v) is 5.47. The fourth-order valence-corrected chi connectivity index (χ4v) is 1.60. The number of aryl methyl sites for hydroxylation is 1. The lowest BCUT2D eigenvalue weighted by atomic mass is 10.2. The Morgan fingerprint density at radius 1 is 1.35 bits per heavy atom. The van der Waals surface area contributed by atoms with Crippen LogP contribution in [-0.2, 0) is 6.54 Å². The molecule has 1 unspecified atom stereocenters. The molecule has 1 atom stereocenters. The number of rotatable bonds is 3. The third-order valence-electron chi connectivity index (χ3n) is 2.48. The Labute approximate surface area is 98.9 Å². The van der Waals surface area contributed by atoms with Gasteiger partial charge in [-0.15, -0.1) is 0 Å². The second kappa shape index (κ2) is 4.55. The van der Waals surface area contributed by atoms with Crippen molar-refractivity contribution in [2.75, 3.05) is 0 Å². The number of hydrogen-bond acceptors (Lipinski definition) is 3. The van der Waals surface area contributed by atoms with Gasteiger partial charge in [-0.3, -0.25) is 0 Å². The highest BCUT2D eigenvalue weighted by molar-refractivity contribution is 5.33. The minimum absolute atomic E-state index is 0.206. The van der Waals surface area contributed by atoms with Crippen LogP contribution in [0.15, 0.2) is 35.4 Å². The molecule has 0 fully saturated rings. The van der Waals surface area contributed by atoms with E-state index in [2.05, 4.69) is 5.10 Å². The average Bonchev–Trinajstić information content (AvgIpc) is 2.61. The second-order valence-corrected chi connectivity index (χ2v) is 4.15. The number of nitrogens with zero attached hydrogens (tertiary/aromatic N) is 3. The number of benzene rings is 1. The minimum Gasteiger partial charge on any atom is -0.391 e. The summed E-state index contributed by atoms with van der Waals surface area (Å²) < 4.78 is 2.71. The fourth-order valence-electron chi connectivity index (χ4n) is 1.60. The van der Waals surface area contributed by atoms with Gasteiger partial charge in [-0.1, -0.05) is 17.7 Å². The van der Waals surface area contributed by atoms with E-state index in [4.69, 9.17) is 0 Å². The van der Waals surface area contributed by atoms with E-state index in [1.54, 1.807) is 6.92 Å². The zero-order valence-electron chi connectivity index (χ0n) is 9.87. The first-order chi connectivity index (χ1) is 8.08. The molecule has 0 bridgehead atoms. The summed E-state index contributed by atoms with van der Waals surface area (Å²) in [5, 5.41) is 13.2. The van der Waals surface area contributed by atoms with Gasteiger partial charge in [0.15, 0.2) is 0 Å². The first kappa shape index (κ1) is 11.6. The Kier molecular flexibility index (Phi) is 3.10. The third kappa shape index (κ3) is 2.45. The van der Waals surface area contributed by atoms with Gasteiger partial charge < -0.3 is 5.11 Å². The Hall–Kier alpha value is -1.88. The normalized spacial score (nSPS) is 12.6. The van der Waals surface area contributed by atoms with E-state index in [1.165, 1.54) is 15.6 Å². The molecule has 2 rings (SSSR count). The third-order valence-corrected chi connectivity index (χ3v) is 2.48. The molecular formula is C12H15N3O2. The van der Waals surface area contributed by atoms with Crippen LogP contribution in [0, 0.1) is 6.92 Å². The molecule has 2 aromatic rings. The van der Waals surface area contributed by atoms with Crippen LogP contribution < -0.4 is 5.69 Å². The lowest BCUT2D eigenvalue weighted by Crippen LogP contribution is -2.27. The van der Waals surface area contributed by atoms with E-state index >= 15 is 0 Å². The van der Waals surface area contributed by atoms with E-state index in [9.17, 15) is 9.90 Å². The highest BCUT2D eigenvalue weighted by atomic mass is 16.3. The maximum atomic E-state index is 11.9. The summed E-state index contributed by atoms with van der Waals surface area (Å²) in [4.78, 5) is 11.9.